The molecule has 0 bridgehead atoms. The van der Waals surface area contributed by atoms with Gasteiger partial charge in [-0.1, -0.05) is 0 Å². The summed E-state index contributed by atoms with van der Waals surface area (Å²) in [6.45, 7) is 8.94. The highest BCUT2D eigenvalue weighted by atomic mass is 16.5. The second kappa shape index (κ2) is 4.85. The molecule has 5 nitrogen and oxygen atoms in total. The van der Waals surface area contributed by atoms with E-state index in [-0.39, 0.29) is 12.4 Å². The number of rotatable bonds is 5. The van der Waals surface area contributed by atoms with Gasteiger partial charge in [-0.05, 0) is 27.4 Å². The van der Waals surface area contributed by atoms with Crippen LogP contribution in [0, 0.1) is 0 Å². The van der Waals surface area contributed by atoms with E-state index in [2.05, 4.69) is 11.9 Å². The Labute approximate surface area is 83.4 Å². The topological polar surface area (TPSA) is 78.8 Å². The Balaban J connectivity index is 3.81. The van der Waals surface area contributed by atoms with E-state index >= 15 is 0 Å². The van der Waals surface area contributed by atoms with Crippen molar-refractivity contribution in [2.75, 3.05) is 6.54 Å². The Morgan fingerprint density at radius 3 is 2.43 bits per heavy atom. The number of ether oxygens (including phenoxy) is 1. The molecule has 0 saturated carbocycles. The molecule has 0 aromatic heterocycles. The standard InChI is InChI=1S/C9H17NO4/c1-6(14-9(2,3)4)10-5-7(11)8(12)13/h7,10-11H,1,5H2,2-4H3,(H,12,13)/t7-/m1/s1. The molecule has 0 aromatic rings. The van der Waals surface area contributed by atoms with Crippen LogP contribution in [0.15, 0.2) is 12.5 Å². The number of hydrogen-bond acceptors (Lipinski definition) is 4. The molecule has 82 valence electrons. The van der Waals surface area contributed by atoms with Gasteiger partial charge in [-0.15, -0.1) is 0 Å². The summed E-state index contributed by atoms with van der Waals surface area (Å²) in [5.74, 6) is -1.03. The lowest BCUT2D eigenvalue weighted by molar-refractivity contribution is -0.146. The lowest BCUT2D eigenvalue weighted by Gasteiger charge is -2.23. The number of aliphatic hydroxyl groups excluding tert-OH is 1. The first-order valence-electron chi connectivity index (χ1n) is 4.25. The number of carboxylic acid groups (broad SMARTS) is 1. The van der Waals surface area contributed by atoms with Crippen LogP contribution in [-0.2, 0) is 9.53 Å². The van der Waals surface area contributed by atoms with Crippen molar-refractivity contribution in [3.05, 3.63) is 12.5 Å². The Hall–Kier alpha value is -1.23. The third kappa shape index (κ3) is 6.30. The van der Waals surface area contributed by atoms with Gasteiger partial charge in [0.1, 0.15) is 5.60 Å². The number of hydrogen-bond donors (Lipinski definition) is 3. The van der Waals surface area contributed by atoms with Crippen LogP contribution in [0.1, 0.15) is 20.8 Å². The normalized spacial score (nSPS) is 13.1. The maximum atomic E-state index is 10.2. The Bertz CT molecular complexity index is 219. The molecule has 0 rings (SSSR count). The molecule has 5 heteroatoms. The van der Waals surface area contributed by atoms with Crippen LogP contribution in [0.25, 0.3) is 0 Å². The van der Waals surface area contributed by atoms with Crippen LogP contribution in [0.2, 0.25) is 0 Å². The van der Waals surface area contributed by atoms with Crippen molar-refractivity contribution in [3.8, 4) is 0 Å². The predicted molar refractivity (Wildman–Crippen MR) is 51.6 cm³/mol. The summed E-state index contributed by atoms with van der Waals surface area (Å²) in [6.07, 6.45) is -1.45. The fourth-order valence-electron chi connectivity index (χ4n) is 0.704. The van der Waals surface area contributed by atoms with Crippen molar-refractivity contribution in [3.63, 3.8) is 0 Å². The van der Waals surface area contributed by atoms with Crippen LogP contribution in [-0.4, -0.2) is 34.4 Å². The maximum Gasteiger partial charge on any atom is 0.334 e. The van der Waals surface area contributed by atoms with Gasteiger partial charge >= 0.3 is 5.97 Å². The second-order valence-corrected chi connectivity index (χ2v) is 3.87. The number of aliphatic carboxylic acids is 1. The van der Waals surface area contributed by atoms with Crippen LogP contribution in [0.5, 0.6) is 0 Å². The summed E-state index contributed by atoms with van der Waals surface area (Å²) in [7, 11) is 0. The fraction of sp³-hybridized carbons (Fsp3) is 0.667. The molecule has 3 N–H and O–H groups in total. The van der Waals surface area contributed by atoms with Crippen molar-refractivity contribution in [2.45, 2.75) is 32.5 Å². The van der Waals surface area contributed by atoms with Crippen molar-refractivity contribution in [2.24, 2.45) is 0 Å². The molecule has 0 amide bonds. The van der Waals surface area contributed by atoms with Crippen LogP contribution >= 0.6 is 0 Å². The summed E-state index contributed by atoms with van der Waals surface area (Å²) in [5, 5.41) is 19.9. The van der Waals surface area contributed by atoms with Gasteiger partial charge in [-0.25, -0.2) is 4.79 Å². The molecule has 1 atom stereocenters. The summed E-state index contributed by atoms with van der Waals surface area (Å²) in [5.41, 5.74) is -0.391. The molecular formula is C9H17NO4. The summed E-state index contributed by atoms with van der Waals surface area (Å²) in [4.78, 5) is 10.2. The van der Waals surface area contributed by atoms with E-state index in [0.717, 1.165) is 0 Å². The van der Waals surface area contributed by atoms with Crippen molar-refractivity contribution in [1.29, 1.82) is 0 Å². The van der Waals surface area contributed by atoms with Crippen molar-refractivity contribution in [1.82, 2.24) is 5.32 Å². The molecule has 0 unspecified atom stereocenters. The fourth-order valence-corrected chi connectivity index (χ4v) is 0.704. The average Bonchev–Trinajstić information content (AvgIpc) is 1.96. The number of carbonyl (C=O) groups is 1. The van der Waals surface area contributed by atoms with E-state index < -0.39 is 17.7 Å². The van der Waals surface area contributed by atoms with Crippen LogP contribution in [0.4, 0.5) is 0 Å². The van der Waals surface area contributed by atoms with Crippen LogP contribution < -0.4 is 5.32 Å². The molecule has 14 heavy (non-hydrogen) atoms. The van der Waals surface area contributed by atoms with Gasteiger partial charge in [0, 0.05) is 0 Å². The third-order valence-electron chi connectivity index (χ3n) is 1.21. The van der Waals surface area contributed by atoms with Gasteiger partial charge in [-0.2, -0.15) is 0 Å². The van der Waals surface area contributed by atoms with Gasteiger partial charge in [-0.3, -0.25) is 0 Å². The first-order valence-corrected chi connectivity index (χ1v) is 4.25. The van der Waals surface area contributed by atoms with E-state index in [1.165, 1.54) is 0 Å². The highest BCUT2D eigenvalue weighted by Crippen LogP contribution is 2.09. The molecule has 0 heterocycles. The molecule has 0 aliphatic carbocycles. The van der Waals surface area contributed by atoms with E-state index in [0.29, 0.717) is 0 Å². The zero-order valence-electron chi connectivity index (χ0n) is 8.70. The Kier molecular flexibility index (Phi) is 4.43. The second-order valence-electron chi connectivity index (χ2n) is 3.87. The molecule has 0 saturated heterocycles. The zero-order chi connectivity index (χ0) is 11.4. The van der Waals surface area contributed by atoms with Crippen molar-refractivity contribution >= 4 is 5.97 Å². The summed E-state index contributed by atoms with van der Waals surface area (Å²) in [6, 6.07) is 0. The monoisotopic (exact) mass is 203 g/mol. The van der Waals surface area contributed by atoms with Gasteiger partial charge in [0.25, 0.3) is 0 Å². The van der Waals surface area contributed by atoms with Crippen molar-refractivity contribution < 1.29 is 19.7 Å². The van der Waals surface area contributed by atoms with E-state index in [1.54, 1.807) is 0 Å². The molecular weight excluding hydrogens is 186 g/mol. The summed E-state index contributed by atoms with van der Waals surface area (Å²) >= 11 is 0. The molecule has 0 radical (unpaired) electrons. The first-order chi connectivity index (χ1) is 6.22. The quantitative estimate of drug-likeness (QED) is 0.560. The summed E-state index contributed by atoms with van der Waals surface area (Å²) < 4.78 is 5.26. The molecule has 0 spiro atoms. The number of nitrogens with one attached hydrogen (secondary N) is 1. The Morgan fingerprint density at radius 2 is 2.07 bits per heavy atom. The molecule has 0 aliphatic heterocycles. The SMILES string of the molecule is C=C(NC[C@@H](O)C(=O)O)OC(C)(C)C. The van der Waals surface area contributed by atoms with E-state index in [4.69, 9.17) is 14.9 Å². The van der Waals surface area contributed by atoms with Gasteiger partial charge < -0.3 is 20.3 Å². The molecule has 0 aromatic carbocycles. The minimum Gasteiger partial charge on any atom is -0.479 e. The molecule has 0 aliphatic rings. The molecule has 0 fully saturated rings. The first kappa shape index (κ1) is 12.8. The lowest BCUT2D eigenvalue weighted by Crippen LogP contribution is -2.34. The average molecular weight is 203 g/mol. The number of aliphatic hydroxyl groups is 1. The number of carboxylic acids is 1. The minimum atomic E-state index is -1.45. The van der Waals surface area contributed by atoms with Gasteiger partial charge in [0.05, 0.1) is 6.54 Å². The maximum absolute atomic E-state index is 10.2. The van der Waals surface area contributed by atoms with Gasteiger partial charge in [0.15, 0.2) is 12.0 Å². The largest absolute Gasteiger partial charge is 0.479 e. The lowest BCUT2D eigenvalue weighted by atomic mass is 10.2. The van der Waals surface area contributed by atoms with E-state index in [1.807, 2.05) is 20.8 Å². The van der Waals surface area contributed by atoms with E-state index in [9.17, 15) is 4.79 Å². The Morgan fingerprint density at radius 1 is 1.57 bits per heavy atom. The third-order valence-corrected chi connectivity index (χ3v) is 1.21. The smallest absolute Gasteiger partial charge is 0.334 e. The highest BCUT2D eigenvalue weighted by molar-refractivity contribution is 5.72. The van der Waals surface area contributed by atoms with Gasteiger partial charge in [0.2, 0.25) is 0 Å². The highest BCUT2D eigenvalue weighted by Gasteiger charge is 2.15. The van der Waals surface area contributed by atoms with Crippen LogP contribution in [0.3, 0.4) is 0 Å². The zero-order valence-corrected chi connectivity index (χ0v) is 8.70. The predicted octanol–water partition coefficient (Wildman–Crippen LogP) is 0.308. The minimum absolute atomic E-state index is 0.121.